The zero-order valence-electron chi connectivity index (χ0n) is 72.5. The molecule has 19 atom stereocenters. The van der Waals surface area contributed by atoms with Crippen LogP contribution in [0.25, 0.3) is 11.1 Å². The van der Waals surface area contributed by atoms with Crippen LogP contribution < -0.4 is 46.1 Å². The molecule has 46 nitrogen and oxygen atoms in total. The molecule has 2 fully saturated rings. The number of rotatable bonds is 16. The molecule has 2 saturated heterocycles. The van der Waals surface area contributed by atoms with E-state index in [1.807, 2.05) is 0 Å². The van der Waals surface area contributed by atoms with E-state index < -0.39 is 293 Å². The first-order chi connectivity index (χ1) is 64.2. The smallest absolute Gasteiger partial charge is 0.333 e. The van der Waals surface area contributed by atoms with Crippen LogP contribution in [-0.2, 0) is 131 Å². The highest BCUT2D eigenvalue weighted by Gasteiger charge is 2.58. The van der Waals surface area contributed by atoms with Gasteiger partial charge in [-0.05, 0) is 119 Å². The molecule has 710 valence electrons. The van der Waals surface area contributed by atoms with Crippen LogP contribution in [0.3, 0.4) is 0 Å². The van der Waals surface area contributed by atoms with E-state index >= 15 is 24.0 Å². The Kier molecular flexibility index (Phi) is 28.0. The zero-order chi connectivity index (χ0) is 97.1. The van der Waals surface area contributed by atoms with Gasteiger partial charge in [0.2, 0.25) is 41.2 Å². The molecular formula is C89H87N9O37. The predicted octanol–water partition coefficient (Wildman–Crippen LogP) is 2.88. The molecule has 7 aromatic carbocycles. The number of benzene rings is 7. The molecule has 8 aliphatic rings. The Hall–Kier alpha value is -15.8. The summed E-state index contributed by atoms with van der Waals surface area (Å²) in [5.74, 6) is -23.0. The fraction of sp³-hybridized carbons (Fsp3) is 0.348. The van der Waals surface area contributed by atoms with Gasteiger partial charge < -0.3 is 144 Å². The van der Waals surface area contributed by atoms with E-state index in [-0.39, 0.29) is 56.3 Å². The Morgan fingerprint density at radius 2 is 0.889 bits per heavy atom. The Balaban J connectivity index is 0.846. The Morgan fingerprint density at radius 1 is 0.430 bits per heavy atom. The normalized spacial score (nSPS) is 25.3. The maximum atomic E-state index is 16.2. The number of phenols is 6. The SMILES string of the molecule is COC(=O)[C@@H]1NC(=O)[C@H]2NC(=O)[C@H](NC(=O)[C@@H]3NC(=O)[C@H]4NC(=O)[C@H](NC(=O)[C@H](n5cc(CO[C@H]6O[C@H](COC(C)=O)[C@@H](O[C@H]7O[C@H](COC(C)=O)[C@@H](OC(C)=O)[C@H](OC(C)=O)[C@H]7OC(C)=O)[C@H](OC(C)=O)[C@H]6OC(C)=O)nn5)c5ccc(O)c(c5)Oc5cc4cc(O)c5C)[C@H](O)c4ccc(cc4)Oc4cc3cc(c4O)Oc3ccc(cc3)[C@H]2O)c2ccc(O)c(c2)-c2c(O)cc(O)cc21. The maximum Gasteiger partial charge on any atom is 0.333 e. The van der Waals surface area contributed by atoms with Gasteiger partial charge in [0.15, 0.2) is 78.2 Å². The van der Waals surface area contributed by atoms with Crippen molar-refractivity contribution in [1.82, 2.24) is 46.9 Å². The third-order valence-electron chi connectivity index (χ3n) is 22.1. The fourth-order valence-corrected chi connectivity index (χ4v) is 15.9. The number of ether oxygens (including phenoxy) is 15. The minimum absolute atomic E-state index is 0.107. The van der Waals surface area contributed by atoms with Crippen LogP contribution in [0, 0.1) is 6.92 Å². The van der Waals surface area contributed by atoms with E-state index in [9.17, 15) is 84.0 Å². The monoisotopic (exact) mass is 1870 g/mol. The topological polar surface area (TPSA) is 642 Å². The first-order valence-electron chi connectivity index (χ1n) is 41.2. The number of nitrogens with zero attached hydrogens (tertiary/aromatic N) is 3. The van der Waals surface area contributed by atoms with Gasteiger partial charge in [0, 0.05) is 76.8 Å². The molecule has 1 aromatic heterocycles. The summed E-state index contributed by atoms with van der Waals surface area (Å²) in [6.45, 7) is 5.72. The van der Waals surface area contributed by atoms with Gasteiger partial charge in [-0.2, -0.15) is 0 Å². The molecule has 8 aromatic rings. The van der Waals surface area contributed by atoms with Crippen LogP contribution in [-0.4, -0.2) is 233 Å². The van der Waals surface area contributed by atoms with E-state index in [0.717, 1.165) is 133 Å². The number of aromatic nitrogens is 3. The molecule has 0 unspecified atom stereocenters. The van der Waals surface area contributed by atoms with Gasteiger partial charge in [-0.15, -0.1) is 5.10 Å². The van der Waals surface area contributed by atoms with E-state index in [4.69, 9.17) is 71.1 Å². The summed E-state index contributed by atoms with van der Waals surface area (Å²) in [7, 11) is 0.942. The second-order valence-electron chi connectivity index (χ2n) is 31.6. The summed E-state index contributed by atoms with van der Waals surface area (Å²) in [6.07, 6.45) is -21.9. The average molecular weight is 1870 g/mol. The van der Waals surface area contributed by atoms with Crippen LogP contribution in [0.4, 0.5) is 0 Å². The van der Waals surface area contributed by atoms with E-state index in [0.29, 0.717) is 0 Å². The molecule has 6 amide bonds. The molecular weight excluding hydrogens is 1790 g/mol. The number of nitrogens with one attached hydrogen (secondary N) is 6. The number of aromatic hydroxyl groups is 6. The second-order valence-corrected chi connectivity index (χ2v) is 31.6. The predicted molar refractivity (Wildman–Crippen MR) is 445 cm³/mol. The molecule has 9 heterocycles. The zero-order valence-corrected chi connectivity index (χ0v) is 72.5. The highest BCUT2D eigenvalue weighted by Crippen LogP contribution is 2.49. The Bertz CT molecular complexity index is 6050. The molecule has 14 N–H and O–H groups in total. The number of hydrogen-bond donors (Lipinski definition) is 14. The van der Waals surface area contributed by atoms with Crippen LogP contribution >= 0.6 is 0 Å². The molecule has 135 heavy (non-hydrogen) atoms. The first kappa shape index (κ1) is 95.3. The van der Waals surface area contributed by atoms with Crippen molar-refractivity contribution in [3.8, 4) is 80.1 Å². The fourth-order valence-electron chi connectivity index (χ4n) is 15.9. The van der Waals surface area contributed by atoms with Gasteiger partial charge in [-0.25, -0.2) is 9.48 Å². The number of hydrogen-bond acceptors (Lipinski definition) is 39. The number of amides is 6. The minimum Gasteiger partial charge on any atom is -0.508 e. The maximum absolute atomic E-state index is 16.2. The van der Waals surface area contributed by atoms with Crippen LogP contribution in [0.2, 0.25) is 0 Å². The number of fused-ring (bicyclic) bond motifs is 14. The number of aliphatic hydroxyl groups excluding tert-OH is 2. The Labute approximate surface area is 762 Å². The summed E-state index contributed by atoms with van der Waals surface area (Å²) in [6, 6.07) is 7.38. The van der Waals surface area contributed by atoms with E-state index in [2.05, 4.69) is 42.2 Å². The molecule has 17 bridgehead atoms. The van der Waals surface area contributed by atoms with Gasteiger partial charge in [-0.3, -0.25) is 62.3 Å². The summed E-state index contributed by atoms with van der Waals surface area (Å²) >= 11 is 0. The number of carbonyl (C=O) groups excluding carboxylic acids is 14. The van der Waals surface area contributed by atoms with Crippen molar-refractivity contribution >= 4 is 83.2 Å². The molecule has 16 rings (SSSR count). The summed E-state index contributed by atoms with van der Waals surface area (Å²) < 4.78 is 89.2. The molecule has 0 aliphatic carbocycles. The van der Waals surface area contributed by atoms with Crippen molar-refractivity contribution in [3.05, 3.63) is 178 Å². The van der Waals surface area contributed by atoms with Crippen molar-refractivity contribution in [3.63, 3.8) is 0 Å². The van der Waals surface area contributed by atoms with Gasteiger partial charge >= 0.3 is 47.8 Å². The molecule has 0 saturated carbocycles. The quantitative estimate of drug-likeness (QED) is 0.0488. The van der Waals surface area contributed by atoms with Gasteiger partial charge in [0.25, 0.3) is 0 Å². The lowest BCUT2D eigenvalue weighted by atomic mass is 9.89. The highest BCUT2D eigenvalue weighted by atomic mass is 16.8. The molecule has 0 spiro atoms. The van der Waals surface area contributed by atoms with Crippen molar-refractivity contribution in [1.29, 1.82) is 0 Å². The van der Waals surface area contributed by atoms with E-state index in [1.54, 1.807) is 0 Å². The van der Waals surface area contributed by atoms with Crippen molar-refractivity contribution in [2.24, 2.45) is 0 Å². The number of carbonyl (C=O) groups is 14. The summed E-state index contributed by atoms with van der Waals surface area (Å²) in [5.41, 5.74) is -3.18. The van der Waals surface area contributed by atoms with Crippen LogP contribution in [0.5, 0.6) is 69.0 Å². The molecule has 8 aliphatic heterocycles. The number of esters is 8. The van der Waals surface area contributed by atoms with Crippen molar-refractivity contribution in [2.45, 2.75) is 178 Å². The number of aliphatic hydroxyl groups is 2. The average Bonchev–Trinajstić information content (AvgIpc) is 1.30. The third kappa shape index (κ3) is 20.9. The van der Waals surface area contributed by atoms with Crippen molar-refractivity contribution in [2.75, 3.05) is 20.3 Å². The van der Waals surface area contributed by atoms with Crippen LogP contribution in [0.15, 0.2) is 128 Å². The standard InChI is InChI=1S/C89H87N9O37/c1-34-56(109)23-46-25-58(34)132-59-24-45(15-21-55(59)108)71(98-30-48(96-97-98)31-124-88-79(128-40(7)104)78(127-39(6)103)76(63(133-88)33-123-36(3)100)135-89-80(129-41(8)105)77(126-38(5)102)75(125-37(4)101)62(134-89)32-122-35(2)99)86(119)95-70-73(112)43-12-18-51(19-13-43)131-61-27-47-26-60(74(61)113)130-50-16-10-42(11-17-50)72(111)69-85(118)93-68(87(120)121-9)53-28-49(106)29-57(110)64(53)52-22-44(14-20-54(52)107)65(81(114)94-69)90-83(116)67(47)91-82(115)66(46)92-84(70)117/h10-30,62-63,65-73,75-80,88-89,106-113H,31-33H2,1-9H3,(H,90,116)(H,91,115)(H,92,117)(H,93,118)(H,94,114)(H,95,119)/t62-,63-,65-,66+,67-,68-,69+,70-,71-,72-,73-,75-,76-,77+,78+,79-,80-,88+,89-/m1/s1. The lowest BCUT2D eigenvalue weighted by molar-refractivity contribution is -0.362. The lowest BCUT2D eigenvalue weighted by Crippen LogP contribution is -2.67. The first-order valence-corrected chi connectivity index (χ1v) is 41.2. The molecule has 0 radical (unpaired) electrons. The van der Waals surface area contributed by atoms with Gasteiger partial charge in [-0.1, -0.05) is 41.6 Å². The highest BCUT2D eigenvalue weighted by molar-refractivity contribution is 6.00. The number of methoxy groups -OCH3 is 1. The molecule has 46 heteroatoms. The van der Waals surface area contributed by atoms with Crippen LogP contribution in [0.1, 0.15) is 141 Å². The second kappa shape index (κ2) is 39.7. The van der Waals surface area contributed by atoms with Gasteiger partial charge in [0.1, 0.15) is 120 Å². The number of phenolic OH excluding ortho intramolecular Hbond substituents is 6. The minimum atomic E-state index is -2.30. The lowest BCUT2D eigenvalue weighted by Gasteiger charge is -2.48. The van der Waals surface area contributed by atoms with Gasteiger partial charge in [0.05, 0.1) is 19.9 Å². The Morgan fingerprint density at radius 3 is 1.45 bits per heavy atom. The van der Waals surface area contributed by atoms with Crippen molar-refractivity contribution < 1.29 is 179 Å². The summed E-state index contributed by atoms with van der Waals surface area (Å²) in [4.78, 5) is 199. The third-order valence-corrected chi connectivity index (χ3v) is 22.1. The largest absolute Gasteiger partial charge is 0.508 e. The summed E-state index contributed by atoms with van der Waals surface area (Å²) in [5, 5.41) is 119. The van der Waals surface area contributed by atoms with E-state index in [1.165, 1.54) is 61.5 Å².